The van der Waals surface area contributed by atoms with Crippen molar-refractivity contribution in [2.45, 2.75) is 97.6 Å². The number of anilines is 1. The Labute approximate surface area is 199 Å². The monoisotopic (exact) mass is 453 g/mol. The van der Waals surface area contributed by atoms with Gasteiger partial charge < -0.3 is 10.4 Å². The summed E-state index contributed by atoms with van der Waals surface area (Å²) in [6.07, 6.45) is 14.0. The average molecular weight is 454 g/mol. The van der Waals surface area contributed by atoms with Gasteiger partial charge in [-0.1, -0.05) is 20.4 Å². The molecule has 4 aliphatic rings. The second kappa shape index (κ2) is 7.96. The molecule has 5 nitrogen and oxygen atoms in total. The molecule has 1 aromatic heterocycles. The van der Waals surface area contributed by atoms with Crippen LogP contribution >= 0.6 is 0 Å². The van der Waals surface area contributed by atoms with Crippen molar-refractivity contribution in [2.75, 3.05) is 5.32 Å². The number of hydrogen-bond donors (Lipinski definition) is 2. The minimum absolute atomic E-state index is 0.132. The quantitative estimate of drug-likeness (QED) is 0.591. The number of rotatable bonds is 5. The average Bonchev–Trinajstić information content (AvgIpc) is 3.31. The van der Waals surface area contributed by atoms with Crippen molar-refractivity contribution in [3.05, 3.63) is 24.7 Å². The first-order valence-electron chi connectivity index (χ1n) is 13.2. The van der Waals surface area contributed by atoms with E-state index in [0.717, 1.165) is 48.9 Å². The summed E-state index contributed by atoms with van der Waals surface area (Å²) >= 11 is 0. The van der Waals surface area contributed by atoms with E-state index < -0.39 is 5.60 Å². The van der Waals surface area contributed by atoms with E-state index in [4.69, 9.17) is 0 Å². The van der Waals surface area contributed by atoms with Gasteiger partial charge in [0.25, 0.3) is 0 Å². The summed E-state index contributed by atoms with van der Waals surface area (Å²) in [6.45, 7) is 13.2. The lowest BCUT2D eigenvalue weighted by Gasteiger charge is -2.61. The molecule has 0 aromatic carbocycles. The fourth-order valence-electron chi connectivity index (χ4n) is 8.99. The van der Waals surface area contributed by atoms with Gasteiger partial charge in [-0.25, -0.2) is 0 Å². The lowest BCUT2D eigenvalue weighted by molar-refractivity contribution is -0.151. The van der Waals surface area contributed by atoms with E-state index in [-0.39, 0.29) is 11.3 Å². The van der Waals surface area contributed by atoms with Crippen molar-refractivity contribution in [3.8, 4) is 0 Å². The highest BCUT2D eigenvalue weighted by Gasteiger charge is 2.61. The molecular weight excluding hydrogens is 410 g/mol. The summed E-state index contributed by atoms with van der Waals surface area (Å²) in [5.74, 6) is 3.36. The van der Waals surface area contributed by atoms with E-state index in [9.17, 15) is 9.90 Å². The molecule has 4 aliphatic carbocycles. The maximum atomic E-state index is 13.5. The van der Waals surface area contributed by atoms with Crippen molar-refractivity contribution in [2.24, 2.45) is 40.4 Å². The van der Waals surface area contributed by atoms with E-state index in [1.54, 1.807) is 10.9 Å². The zero-order valence-electron chi connectivity index (χ0n) is 21.1. The van der Waals surface area contributed by atoms with Gasteiger partial charge in [0, 0.05) is 17.8 Å². The SMILES string of the molecule is C=C(C)Nc1cnn(CC(=O)[C@H]2CC[C@H]3[C@@H]4CC[C@H]5C[C@](C)(O)CC[C@]5(C)[C@H]4CC[C@]23C)c1. The molecule has 1 heterocycles. The molecule has 0 saturated heterocycles. The summed E-state index contributed by atoms with van der Waals surface area (Å²) in [5, 5.41) is 18.3. The van der Waals surface area contributed by atoms with Gasteiger partial charge in [0.05, 0.1) is 24.0 Å². The molecule has 0 spiro atoms. The molecule has 5 heteroatoms. The van der Waals surface area contributed by atoms with Crippen LogP contribution in [0.1, 0.15) is 85.5 Å². The van der Waals surface area contributed by atoms with Crippen LogP contribution in [0.3, 0.4) is 0 Å². The number of carbonyl (C=O) groups is 1. The van der Waals surface area contributed by atoms with Gasteiger partial charge in [0.1, 0.15) is 0 Å². The van der Waals surface area contributed by atoms with Crippen LogP contribution in [0.5, 0.6) is 0 Å². The first-order chi connectivity index (χ1) is 15.5. The number of hydrogen-bond acceptors (Lipinski definition) is 4. The molecule has 0 unspecified atom stereocenters. The van der Waals surface area contributed by atoms with Gasteiger partial charge in [0.15, 0.2) is 5.78 Å². The molecule has 2 N–H and O–H groups in total. The molecule has 33 heavy (non-hydrogen) atoms. The number of aliphatic hydroxyl groups is 1. The van der Waals surface area contributed by atoms with Crippen LogP contribution in [0.25, 0.3) is 0 Å². The summed E-state index contributed by atoms with van der Waals surface area (Å²) in [7, 11) is 0. The Balaban J connectivity index is 1.30. The smallest absolute Gasteiger partial charge is 0.157 e. The van der Waals surface area contributed by atoms with Gasteiger partial charge in [-0.2, -0.15) is 5.10 Å². The van der Waals surface area contributed by atoms with Crippen molar-refractivity contribution in [1.82, 2.24) is 9.78 Å². The summed E-state index contributed by atoms with van der Waals surface area (Å²) in [4.78, 5) is 13.5. The molecule has 0 amide bonds. The van der Waals surface area contributed by atoms with Gasteiger partial charge in [-0.15, -0.1) is 0 Å². The fraction of sp³-hybridized carbons (Fsp3) is 0.786. The van der Waals surface area contributed by atoms with Crippen LogP contribution in [0.15, 0.2) is 24.7 Å². The summed E-state index contributed by atoms with van der Waals surface area (Å²) < 4.78 is 1.79. The zero-order valence-corrected chi connectivity index (χ0v) is 21.1. The number of fused-ring (bicyclic) bond motifs is 5. The molecule has 0 bridgehead atoms. The predicted octanol–water partition coefficient (Wildman–Crippen LogP) is 5.81. The molecule has 8 atom stereocenters. The predicted molar refractivity (Wildman–Crippen MR) is 132 cm³/mol. The number of nitrogens with one attached hydrogen (secondary N) is 1. The van der Waals surface area contributed by atoms with E-state index in [1.807, 2.05) is 20.0 Å². The van der Waals surface area contributed by atoms with E-state index in [1.165, 1.54) is 32.1 Å². The normalized spacial score (nSPS) is 44.5. The Morgan fingerprint density at radius 2 is 1.88 bits per heavy atom. The fourth-order valence-corrected chi connectivity index (χ4v) is 8.99. The topological polar surface area (TPSA) is 67.2 Å². The highest BCUT2D eigenvalue weighted by molar-refractivity contribution is 5.82. The Hall–Kier alpha value is -1.62. The summed E-state index contributed by atoms with van der Waals surface area (Å²) in [6, 6.07) is 0. The van der Waals surface area contributed by atoms with Gasteiger partial charge in [-0.3, -0.25) is 9.48 Å². The third kappa shape index (κ3) is 3.88. The highest BCUT2D eigenvalue weighted by atomic mass is 16.3. The molecule has 1 aromatic rings. The minimum Gasteiger partial charge on any atom is -0.390 e. The molecule has 0 aliphatic heterocycles. The number of carbonyl (C=O) groups excluding carboxylic acids is 1. The summed E-state index contributed by atoms with van der Waals surface area (Å²) in [5.41, 5.74) is 1.79. The Kier molecular flexibility index (Phi) is 5.58. The largest absolute Gasteiger partial charge is 0.390 e. The van der Waals surface area contributed by atoms with E-state index in [0.29, 0.717) is 29.6 Å². The standard InChI is InChI=1S/C28H43N3O2/c1-18(2)30-20-15-29-31(16-20)17-25(32)24-9-8-22-21-7-6-19-14-26(3,33)12-13-27(19,4)23(21)10-11-28(22,24)5/h15-16,19,21-24,30,33H,1,6-14,17H2,2-5H3/t19-,21-,22-,23-,24+,26+,27-,28-/m0/s1. The Morgan fingerprint density at radius 3 is 2.64 bits per heavy atom. The second-order valence-electron chi connectivity index (χ2n) is 12.8. The van der Waals surface area contributed by atoms with Crippen molar-refractivity contribution in [1.29, 1.82) is 0 Å². The van der Waals surface area contributed by atoms with Gasteiger partial charge >= 0.3 is 0 Å². The lowest BCUT2D eigenvalue weighted by Crippen LogP contribution is -2.55. The van der Waals surface area contributed by atoms with Crippen LogP contribution in [-0.2, 0) is 11.3 Å². The van der Waals surface area contributed by atoms with Crippen molar-refractivity contribution < 1.29 is 9.90 Å². The zero-order chi connectivity index (χ0) is 23.6. The molecule has 4 saturated carbocycles. The second-order valence-corrected chi connectivity index (χ2v) is 12.8. The molecule has 5 rings (SSSR count). The van der Waals surface area contributed by atoms with E-state index in [2.05, 4.69) is 30.8 Å². The highest BCUT2D eigenvalue weighted by Crippen LogP contribution is 2.68. The molecule has 0 radical (unpaired) electrons. The third-order valence-corrected chi connectivity index (χ3v) is 10.7. The number of nitrogens with zero attached hydrogens (tertiary/aromatic N) is 2. The lowest BCUT2D eigenvalue weighted by atomic mass is 9.44. The van der Waals surface area contributed by atoms with Gasteiger partial charge in [0.2, 0.25) is 0 Å². The van der Waals surface area contributed by atoms with Crippen LogP contribution in [0.2, 0.25) is 0 Å². The third-order valence-electron chi connectivity index (χ3n) is 10.7. The van der Waals surface area contributed by atoms with Crippen molar-refractivity contribution >= 4 is 11.5 Å². The Morgan fingerprint density at radius 1 is 1.12 bits per heavy atom. The molecule has 4 fully saturated rings. The maximum absolute atomic E-state index is 13.5. The minimum atomic E-state index is -0.475. The van der Waals surface area contributed by atoms with Crippen LogP contribution in [0, 0.1) is 40.4 Å². The Bertz CT molecular complexity index is 935. The van der Waals surface area contributed by atoms with Gasteiger partial charge in [-0.05, 0) is 106 Å². The first-order valence-corrected chi connectivity index (χ1v) is 13.2. The number of aromatic nitrogens is 2. The van der Waals surface area contributed by atoms with Crippen LogP contribution in [0.4, 0.5) is 5.69 Å². The molecule has 182 valence electrons. The molecular formula is C28H43N3O2. The maximum Gasteiger partial charge on any atom is 0.157 e. The van der Waals surface area contributed by atoms with Crippen LogP contribution in [-0.4, -0.2) is 26.3 Å². The number of ketones is 1. The van der Waals surface area contributed by atoms with E-state index >= 15 is 0 Å². The number of Topliss-reactive ketones (excluding diaryl/α,β-unsaturated/α-hetero) is 1. The van der Waals surface area contributed by atoms with Crippen molar-refractivity contribution in [3.63, 3.8) is 0 Å². The van der Waals surface area contributed by atoms with Crippen LogP contribution < -0.4 is 5.32 Å². The number of allylic oxidation sites excluding steroid dienone is 1. The first kappa shape index (κ1) is 23.1.